The van der Waals surface area contributed by atoms with Crippen molar-refractivity contribution in [3.63, 3.8) is 0 Å². The van der Waals surface area contributed by atoms with Crippen LogP contribution in [0, 0.1) is 63.0 Å². The summed E-state index contributed by atoms with van der Waals surface area (Å²) < 4.78 is 61.5. The molecule has 22 rings (SSSR count). The number of carbonyl (C=O) groups excluding carboxylic acids is 4. The maximum Gasteiger partial charge on any atom is 0.333 e. The number of aromatic hydroxyl groups is 2. The number of hydrogen-bond acceptors (Lipinski definition) is 30. The molecule has 2 aromatic heterocycles. The van der Waals surface area contributed by atoms with Gasteiger partial charge in [-0.2, -0.15) is 5.26 Å². The van der Waals surface area contributed by atoms with E-state index in [4.69, 9.17) is 62.7 Å². The zero-order chi connectivity index (χ0) is 83.9. The molecule has 16 atom stereocenters. The Morgan fingerprint density at radius 2 is 1.02 bits per heavy atom. The molecule has 1 radical (unpaired) electrons. The number of carbonyl (C=O) groups is 4. The van der Waals surface area contributed by atoms with Gasteiger partial charge in [-0.25, -0.2) is 9.59 Å². The first kappa shape index (κ1) is 85.0. The Kier molecular flexibility index (Phi) is 22.2. The summed E-state index contributed by atoms with van der Waals surface area (Å²) in [5, 5.41) is 91.0. The largest absolute Gasteiger partial charge is 0.504 e. The topological polar surface area (TPSA) is 417 Å². The second-order valence-electron chi connectivity index (χ2n) is 33.1. The van der Waals surface area contributed by atoms with Crippen molar-refractivity contribution in [3.8, 4) is 63.6 Å². The number of fused-ring (bicyclic) bond motifs is 22. The van der Waals surface area contributed by atoms with Crippen LogP contribution in [0.3, 0.4) is 0 Å². The van der Waals surface area contributed by atoms with Crippen LogP contribution in [0.1, 0.15) is 156 Å². The molecule has 6 aromatic carbocycles. The first-order chi connectivity index (χ1) is 57.0. The molecule has 121 heavy (non-hydrogen) atoms. The van der Waals surface area contributed by atoms with Crippen LogP contribution < -0.4 is 48.5 Å². The van der Waals surface area contributed by atoms with E-state index in [0.717, 1.165) is 66.3 Å². The normalized spacial score (nSPS) is 28.5. The van der Waals surface area contributed by atoms with Crippen LogP contribution in [0.15, 0.2) is 48.5 Å². The Balaban J connectivity index is 0.000000170. The molecule has 32 nitrogen and oxygen atoms in total. The number of esters is 4. The second-order valence-corrected chi connectivity index (χ2v) is 35.3. The minimum absolute atomic E-state index is 0. The van der Waals surface area contributed by atoms with Crippen molar-refractivity contribution in [2.45, 2.75) is 183 Å². The first-order valence-electron chi connectivity index (χ1n) is 39.6. The molecule has 2 spiro atoms. The molecular weight excluding hydrogens is 1700 g/mol. The summed E-state index contributed by atoms with van der Waals surface area (Å²) in [6, 6.07) is 13.0. The molecule has 35 heteroatoms. The second kappa shape index (κ2) is 31.7. The van der Waals surface area contributed by atoms with E-state index in [-0.39, 0.29) is 98.9 Å². The van der Waals surface area contributed by atoms with Gasteiger partial charge in [0, 0.05) is 144 Å². The van der Waals surface area contributed by atoms with E-state index in [1.54, 1.807) is 14.2 Å². The van der Waals surface area contributed by atoms with Gasteiger partial charge in [-0.3, -0.25) is 39.8 Å². The van der Waals surface area contributed by atoms with Crippen LogP contribution in [0.2, 0.25) is 0 Å². The fourth-order valence-electron chi connectivity index (χ4n) is 21.9. The van der Waals surface area contributed by atoms with E-state index >= 15 is 9.59 Å². The molecule has 0 amide bonds. The monoisotopic (exact) mass is 1790 g/mol. The van der Waals surface area contributed by atoms with Crippen molar-refractivity contribution in [2.75, 3.05) is 79.8 Å². The number of nitriles is 1. The molecule has 4 saturated heterocycles. The number of aliphatic hydroxyl groups is 3. The number of thioether (sulfide) groups is 2. The summed E-state index contributed by atoms with van der Waals surface area (Å²) in [7, 11) is 7.05. The number of nitrogens with zero attached hydrogens (tertiary/aromatic N) is 6. The van der Waals surface area contributed by atoms with Gasteiger partial charge in [0.05, 0.1) is 85.6 Å². The van der Waals surface area contributed by atoms with Crippen molar-refractivity contribution in [3.05, 3.63) is 159 Å². The summed E-state index contributed by atoms with van der Waals surface area (Å²) in [6.45, 7) is 13.3. The van der Waals surface area contributed by atoms with E-state index in [1.807, 2.05) is 96.9 Å². The maximum absolute atomic E-state index is 15.1. The molecule has 14 aliphatic rings. The molecule has 14 aliphatic heterocycles. The number of likely N-dealkylation sites (N-methyl/N-ethyl adjacent to an activating group) is 2. The number of aromatic amines is 2. The number of phenols is 2. The number of hydrogen-bond donors (Lipinski definition) is 10. The van der Waals surface area contributed by atoms with Crippen LogP contribution in [0.5, 0.6) is 57.5 Å². The number of benzene rings is 6. The molecule has 16 heterocycles. The van der Waals surface area contributed by atoms with Gasteiger partial charge in [-0.1, -0.05) is 42.8 Å². The third kappa shape index (κ3) is 12.8. The number of piperazine rings is 2. The van der Waals surface area contributed by atoms with Gasteiger partial charge in [0.15, 0.2) is 57.1 Å². The minimum Gasteiger partial charge on any atom is -0.504 e. The fraction of sp³-hybridized carbons (Fsp3) is 0.477. The fourth-order valence-corrected chi connectivity index (χ4v) is 25.2. The van der Waals surface area contributed by atoms with Crippen LogP contribution in [0.25, 0.3) is 21.8 Å². The van der Waals surface area contributed by atoms with E-state index in [9.17, 15) is 40.4 Å². The predicted molar refractivity (Wildman–Crippen MR) is 437 cm³/mol. The summed E-state index contributed by atoms with van der Waals surface area (Å²) in [6.07, 6.45) is 0.882. The smallest absolute Gasteiger partial charge is 0.333 e. The number of ether oxygens (including phenoxy) is 10. The Morgan fingerprint density at radius 1 is 0.612 bits per heavy atom. The van der Waals surface area contributed by atoms with Crippen LogP contribution in [-0.4, -0.2) is 218 Å². The molecule has 8 aromatic rings. The van der Waals surface area contributed by atoms with Gasteiger partial charge in [0.1, 0.15) is 37.0 Å². The maximum atomic E-state index is 15.1. The number of aliphatic hydroxyl groups excluding tert-OH is 3. The Morgan fingerprint density at radius 3 is 1.43 bits per heavy atom. The zero-order valence-corrected chi connectivity index (χ0v) is 70.8. The van der Waals surface area contributed by atoms with Crippen LogP contribution >= 0.6 is 23.5 Å². The Bertz CT molecular complexity index is 5700. The number of aryl methyl sites for hydroxylation is 4. The molecule has 0 unspecified atom stereocenters. The van der Waals surface area contributed by atoms with Crippen molar-refractivity contribution in [1.29, 1.82) is 5.26 Å². The molecule has 0 aliphatic carbocycles. The van der Waals surface area contributed by atoms with Gasteiger partial charge in [-0.05, 0) is 139 Å². The molecular formula is C86H96AgN10O22S2. The predicted octanol–water partition coefficient (Wildman–Crippen LogP) is 8.56. The van der Waals surface area contributed by atoms with E-state index < -0.39 is 117 Å². The molecule has 0 saturated carbocycles. The minimum atomic E-state index is -1.50. The number of nitrogens with one attached hydrogen (secondary N) is 4. The number of H-pyrrole nitrogens is 2. The van der Waals surface area contributed by atoms with E-state index in [1.165, 1.54) is 37.4 Å². The molecule has 4 fully saturated rings. The summed E-state index contributed by atoms with van der Waals surface area (Å²) in [4.78, 5) is 80.1. The Hall–Kier alpha value is -9.55. The van der Waals surface area contributed by atoms with Gasteiger partial charge < -0.3 is 88.1 Å². The standard InChI is InChI=1S/C43H45N5O9S.C42H46N4O10S.CH4.Ag.HNO3/c1-18-7-8-26-24(9-18)25-12-23(14-49)46-43(41(25)45-26)16-58-40-32-31(39-38(55-17-56-39)20(3)37(32)57-21(4)50)29(15-54-42(43)52)48-28(13-44)27-11-22-10-19(2)36(53-6)35(51)30(22)33(34(40)48)47(27)5;1-17-7-8-25-23(9-17)24-12-22(13-47)44-42(39(24)43-25)15-57-38-30-29(37-36(54-16-55-37)19(3)35(30)56-20(4)48)27(14-53-41(42)51)46-32(38)31-28-21(11-26(40(46)50)45(31)5)10-18(2)34(52-6)33(28)49;;;2-1(3)4/h7-10,23,27-29,33-34,40,45-46,49,51H,11-12,14-17H2,1-6H3;7-10,22,26-27,31-32,38,40,43-44,47,49-50H,11-16H2,1-6H3;1H4;;(H,2,3,4)/t23-,27+,28+,29+,33-,34-,40-,43-;22-,26+,27+,31-,32-,38-,40+,42-;;;/m11.../s1. The Labute approximate surface area is 720 Å². The van der Waals surface area contributed by atoms with Gasteiger partial charge in [-0.15, -0.1) is 33.6 Å². The van der Waals surface area contributed by atoms with Crippen molar-refractivity contribution in [2.24, 2.45) is 0 Å². The number of aromatic nitrogens is 2. The van der Waals surface area contributed by atoms with Gasteiger partial charge in [0.25, 0.3) is 5.09 Å². The van der Waals surface area contributed by atoms with E-state index in [0.29, 0.717) is 128 Å². The van der Waals surface area contributed by atoms with Crippen molar-refractivity contribution >= 4 is 69.2 Å². The van der Waals surface area contributed by atoms with Gasteiger partial charge >= 0.3 is 23.9 Å². The van der Waals surface area contributed by atoms with Crippen molar-refractivity contribution < 1.29 is 125 Å². The number of methoxy groups -OCH3 is 2. The summed E-state index contributed by atoms with van der Waals surface area (Å²) in [5.41, 5.74) is 12.9. The molecule has 8 bridgehead atoms. The van der Waals surface area contributed by atoms with Crippen LogP contribution in [-0.2, 0) is 87.8 Å². The quantitative estimate of drug-likeness (QED) is 0.0245. The third-order valence-electron chi connectivity index (χ3n) is 26.5. The van der Waals surface area contributed by atoms with Crippen molar-refractivity contribution in [1.82, 2.24) is 40.2 Å². The first-order valence-corrected chi connectivity index (χ1v) is 41.7. The average Bonchev–Trinajstić information content (AvgIpc) is 1.30. The molecule has 645 valence electrons. The zero-order valence-electron chi connectivity index (χ0n) is 67.7. The summed E-state index contributed by atoms with van der Waals surface area (Å²) >= 11 is 2.97. The number of rotatable bonds is 6. The SMILES string of the molecule is C.COc1c(C)cc2c(c1O)[C@@H]1[C@@H]3[C@@H]4SC[C@]5(N[C@@H](CO)Cc6c5[nH]c5ccc(C)cc65)C(=O)OC[C@@H](c5c6c(c(C)c(OC(C)=O)c54)OCO6)N3[C@@H](C#N)[C@H](C2)N1C.COc1c(C)cc2c(c1O)[C@@H]1[C@@H]3[C@@H]4SC[C@]5(N[C@@H](CO)Cc6c5[nH]c5ccc(C)cc65)C(=O)OC[C@@H](c5c6c(c(C)c(OC(C)=O)c54)OCO6)N3[C@@H](O)[C@H](C2)N1C.O=[N+]([O-])O.[Ag]. The average molecular weight is 1790 g/mol. The van der Waals surface area contributed by atoms with Crippen LogP contribution in [0.4, 0.5) is 0 Å². The molecule has 10 N–H and O–H groups in total. The summed E-state index contributed by atoms with van der Waals surface area (Å²) in [5.74, 6) is 1.50. The number of phenolic OH excluding ortho intramolecular Hbond substituents is 2. The third-order valence-corrected chi connectivity index (χ3v) is 29.5. The van der Waals surface area contributed by atoms with Gasteiger partial charge in [0.2, 0.25) is 13.6 Å². The van der Waals surface area contributed by atoms with E-state index in [2.05, 4.69) is 53.5 Å².